The normalized spacial score (nSPS) is 16.1. The SMILES string of the molecule is COc1cccc(C(=O)N2CCC[C@H](Cc3cn4ccnc4cn3)CC2)c1OCc1ccccn1. The molecule has 8 nitrogen and oxygen atoms in total. The highest BCUT2D eigenvalue weighted by Crippen LogP contribution is 2.33. The molecule has 8 heteroatoms. The summed E-state index contributed by atoms with van der Waals surface area (Å²) in [6, 6.07) is 11.1. The number of benzene rings is 1. The summed E-state index contributed by atoms with van der Waals surface area (Å²) in [4.78, 5) is 28.7. The van der Waals surface area contributed by atoms with Crippen molar-refractivity contribution >= 4 is 11.6 Å². The summed E-state index contributed by atoms with van der Waals surface area (Å²) >= 11 is 0. The number of para-hydroxylation sites is 1. The highest BCUT2D eigenvalue weighted by molar-refractivity contribution is 5.97. The Morgan fingerprint density at radius 3 is 2.83 bits per heavy atom. The van der Waals surface area contributed by atoms with Crippen molar-refractivity contribution in [3.05, 3.63) is 84.3 Å². The number of nitrogens with zero attached hydrogens (tertiary/aromatic N) is 5. The minimum Gasteiger partial charge on any atom is -0.493 e. The molecule has 5 rings (SSSR count). The van der Waals surface area contributed by atoms with Gasteiger partial charge in [0, 0.05) is 37.9 Å². The highest BCUT2D eigenvalue weighted by atomic mass is 16.5. The molecule has 1 aliphatic rings. The summed E-state index contributed by atoms with van der Waals surface area (Å²) in [6.07, 6.45) is 13.2. The number of rotatable bonds is 7. The maximum Gasteiger partial charge on any atom is 0.257 e. The molecule has 0 unspecified atom stereocenters. The number of ether oxygens (including phenoxy) is 2. The lowest BCUT2D eigenvalue weighted by Crippen LogP contribution is -2.32. The Hall–Kier alpha value is -3.94. The van der Waals surface area contributed by atoms with Crippen LogP contribution in [-0.4, -0.2) is 50.4 Å². The fraction of sp³-hybridized carbons (Fsp3) is 0.333. The molecule has 180 valence electrons. The van der Waals surface area contributed by atoms with Gasteiger partial charge in [-0.25, -0.2) is 4.98 Å². The fourth-order valence-electron chi connectivity index (χ4n) is 4.64. The van der Waals surface area contributed by atoms with Gasteiger partial charge in [0.1, 0.15) is 6.61 Å². The Morgan fingerprint density at radius 1 is 1.03 bits per heavy atom. The fourth-order valence-corrected chi connectivity index (χ4v) is 4.64. The van der Waals surface area contributed by atoms with Gasteiger partial charge in [-0.05, 0) is 55.9 Å². The van der Waals surface area contributed by atoms with E-state index in [-0.39, 0.29) is 12.5 Å². The van der Waals surface area contributed by atoms with Crippen molar-refractivity contribution < 1.29 is 14.3 Å². The lowest BCUT2D eigenvalue weighted by molar-refractivity contribution is 0.0754. The van der Waals surface area contributed by atoms with Crippen LogP contribution >= 0.6 is 0 Å². The number of carbonyl (C=O) groups excluding carboxylic acids is 1. The second kappa shape index (κ2) is 10.5. The average Bonchev–Trinajstić information content (AvgIpc) is 3.24. The van der Waals surface area contributed by atoms with Crippen LogP contribution < -0.4 is 9.47 Å². The first-order valence-corrected chi connectivity index (χ1v) is 12.0. The van der Waals surface area contributed by atoms with E-state index >= 15 is 0 Å². The zero-order chi connectivity index (χ0) is 24.0. The van der Waals surface area contributed by atoms with Crippen LogP contribution in [0.3, 0.4) is 0 Å². The number of hydrogen-bond acceptors (Lipinski definition) is 6. The topological polar surface area (TPSA) is 81.9 Å². The van der Waals surface area contributed by atoms with Crippen molar-refractivity contribution in [2.75, 3.05) is 20.2 Å². The van der Waals surface area contributed by atoms with E-state index in [9.17, 15) is 4.79 Å². The summed E-state index contributed by atoms with van der Waals surface area (Å²) in [5.74, 6) is 1.45. The molecule has 1 atom stereocenters. The van der Waals surface area contributed by atoms with E-state index in [1.165, 1.54) is 0 Å². The first kappa shape index (κ1) is 22.8. The van der Waals surface area contributed by atoms with Crippen molar-refractivity contribution in [1.29, 1.82) is 0 Å². The molecule has 35 heavy (non-hydrogen) atoms. The first-order chi connectivity index (χ1) is 17.2. The van der Waals surface area contributed by atoms with Gasteiger partial charge in [-0.3, -0.25) is 14.8 Å². The van der Waals surface area contributed by atoms with E-state index in [0.717, 1.165) is 49.3 Å². The number of amides is 1. The molecule has 1 amide bonds. The van der Waals surface area contributed by atoms with Crippen molar-refractivity contribution in [1.82, 2.24) is 24.3 Å². The number of carbonyl (C=O) groups is 1. The number of pyridine rings is 1. The predicted octanol–water partition coefficient (Wildman–Crippen LogP) is 4.20. The van der Waals surface area contributed by atoms with E-state index in [4.69, 9.17) is 9.47 Å². The minimum atomic E-state index is -0.0291. The second-order valence-electron chi connectivity index (χ2n) is 8.81. The Balaban J connectivity index is 1.27. The molecule has 1 aromatic carbocycles. The standard InChI is InChI=1S/C27H29N5O3/c1-34-24-9-4-8-23(26(24)35-19-21-7-2-3-11-28-21)27(33)31-13-5-6-20(10-14-31)16-22-18-32-15-12-29-25(32)17-30-22/h2-4,7-9,11-12,15,17-18,20H,5-6,10,13-14,16,19H2,1H3/t20-/m0/s1. The van der Waals surface area contributed by atoms with Crippen molar-refractivity contribution in [3.8, 4) is 11.5 Å². The highest BCUT2D eigenvalue weighted by Gasteiger charge is 2.26. The molecule has 1 fully saturated rings. The number of hydrogen-bond donors (Lipinski definition) is 0. The van der Waals surface area contributed by atoms with Gasteiger partial charge < -0.3 is 18.8 Å². The van der Waals surface area contributed by atoms with Crippen LogP contribution in [0.25, 0.3) is 5.65 Å². The third-order valence-corrected chi connectivity index (χ3v) is 6.49. The van der Waals surface area contributed by atoms with E-state index in [2.05, 4.69) is 21.1 Å². The van der Waals surface area contributed by atoms with E-state index in [1.807, 2.05) is 58.1 Å². The second-order valence-corrected chi connectivity index (χ2v) is 8.81. The van der Waals surface area contributed by atoms with Crippen LogP contribution in [0.15, 0.2) is 67.4 Å². The third kappa shape index (κ3) is 5.26. The monoisotopic (exact) mass is 471 g/mol. The van der Waals surface area contributed by atoms with Gasteiger partial charge in [0.2, 0.25) is 0 Å². The zero-order valence-electron chi connectivity index (χ0n) is 19.8. The van der Waals surface area contributed by atoms with Crippen LogP contribution in [0.1, 0.15) is 41.0 Å². The van der Waals surface area contributed by atoms with Gasteiger partial charge in [0.25, 0.3) is 5.91 Å². The Morgan fingerprint density at radius 2 is 1.97 bits per heavy atom. The molecular formula is C27H29N5O3. The van der Waals surface area contributed by atoms with Gasteiger partial charge in [-0.15, -0.1) is 0 Å². The predicted molar refractivity (Wildman–Crippen MR) is 131 cm³/mol. The Labute approximate surface area is 204 Å². The molecule has 0 spiro atoms. The van der Waals surface area contributed by atoms with Crippen LogP contribution in [0.5, 0.6) is 11.5 Å². The van der Waals surface area contributed by atoms with Crippen molar-refractivity contribution in [3.63, 3.8) is 0 Å². The molecule has 0 N–H and O–H groups in total. The number of aromatic nitrogens is 4. The van der Waals surface area contributed by atoms with E-state index in [1.54, 1.807) is 19.5 Å². The Bertz CT molecular complexity index is 1290. The van der Waals surface area contributed by atoms with Crippen molar-refractivity contribution in [2.45, 2.75) is 32.3 Å². The molecule has 0 aliphatic carbocycles. The largest absolute Gasteiger partial charge is 0.493 e. The summed E-state index contributed by atoms with van der Waals surface area (Å²) in [5.41, 5.74) is 3.21. The van der Waals surface area contributed by atoms with E-state index < -0.39 is 0 Å². The maximum atomic E-state index is 13.6. The summed E-state index contributed by atoms with van der Waals surface area (Å²) in [5, 5.41) is 0. The number of likely N-dealkylation sites (tertiary alicyclic amines) is 1. The van der Waals surface area contributed by atoms with Gasteiger partial charge in [0.15, 0.2) is 17.1 Å². The maximum absolute atomic E-state index is 13.6. The summed E-state index contributed by atoms with van der Waals surface area (Å²) in [6.45, 7) is 1.69. The van der Waals surface area contributed by atoms with Crippen LogP contribution in [0, 0.1) is 5.92 Å². The molecule has 3 aromatic heterocycles. The smallest absolute Gasteiger partial charge is 0.257 e. The average molecular weight is 472 g/mol. The lowest BCUT2D eigenvalue weighted by atomic mass is 9.95. The minimum absolute atomic E-state index is 0.0291. The third-order valence-electron chi connectivity index (χ3n) is 6.49. The summed E-state index contributed by atoms with van der Waals surface area (Å²) in [7, 11) is 1.59. The van der Waals surface area contributed by atoms with Crippen molar-refractivity contribution in [2.24, 2.45) is 5.92 Å². The van der Waals surface area contributed by atoms with Crippen LogP contribution in [0.4, 0.5) is 0 Å². The van der Waals surface area contributed by atoms with E-state index in [0.29, 0.717) is 29.5 Å². The van der Waals surface area contributed by atoms with Crippen LogP contribution in [0.2, 0.25) is 0 Å². The molecule has 1 aliphatic heterocycles. The Kier molecular flexibility index (Phi) is 6.88. The molecule has 0 radical (unpaired) electrons. The molecule has 1 saturated heterocycles. The molecule has 4 heterocycles. The zero-order valence-corrected chi connectivity index (χ0v) is 19.8. The molecule has 0 saturated carbocycles. The van der Waals surface area contributed by atoms with Gasteiger partial charge >= 0.3 is 0 Å². The molecular weight excluding hydrogens is 442 g/mol. The number of imidazole rings is 1. The van der Waals surface area contributed by atoms with Crippen LogP contribution in [-0.2, 0) is 13.0 Å². The summed E-state index contributed by atoms with van der Waals surface area (Å²) < 4.78 is 13.6. The van der Waals surface area contributed by atoms with Gasteiger partial charge in [-0.1, -0.05) is 12.1 Å². The first-order valence-electron chi connectivity index (χ1n) is 12.0. The quantitative estimate of drug-likeness (QED) is 0.402. The number of methoxy groups -OCH3 is 1. The van der Waals surface area contributed by atoms with Gasteiger partial charge in [0.05, 0.1) is 30.3 Å². The lowest BCUT2D eigenvalue weighted by Gasteiger charge is -2.23. The number of fused-ring (bicyclic) bond motifs is 1. The molecule has 4 aromatic rings. The molecule has 0 bridgehead atoms. The van der Waals surface area contributed by atoms with Gasteiger partial charge in [-0.2, -0.15) is 0 Å².